The second-order valence-corrected chi connectivity index (χ2v) is 9.97. The van der Waals surface area contributed by atoms with Gasteiger partial charge in [-0.05, 0) is 74.9 Å². The van der Waals surface area contributed by atoms with E-state index in [9.17, 15) is 9.90 Å². The molecule has 1 aromatic carbocycles. The molecule has 0 saturated carbocycles. The van der Waals surface area contributed by atoms with E-state index < -0.39 is 12.0 Å². The number of rotatable bonds is 15. The molecule has 10 nitrogen and oxygen atoms in total. The molecule has 0 saturated heterocycles. The molecule has 0 amide bonds. The fourth-order valence-corrected chi connectivity index (χ4v) is 4.85. The van der Waals surface area contributed by atoms with E-state index in [1.165, 1.54) is 5.56 Å². The van der Waals surface area contributed by atoms with Crippen LogP contribution in [0.2, 0.25) is 0 Å². The van der Waals surface area contributed by atoms with Crippen LogP contribution >= 0.6 is 0 Å². The normalized spacial score (nSPS) is 13.5. The number of fused-ring (bicyclic) bond motifs is 2. The van der Waals surface area contributed by atoms with Crippen LogP contribution in [-0.4, -0.2) is 69.8 Å². The van der Waals surface area contributed by atoms with Gasteiger partial charge in [-0.25, -0.2) is 14.8 Å². The van der Waals surface area contributed by atoms with Gasteiger partial charge in [0.05, 0.1) is 0 Å². The monoisotopic (exact) mass is 544 g/mol. The third-order valence-corrected chi connectivity index (χ3v) is 7.03. The van der Waals surface area contributed by atoms with Gasteiger partial charge in [0.15, 0.2) is 5.58 Å². The van der Waals surface area contributed by atoms with E-state index in [2.05, 4.69) is 37.6 Å². The highest BCUT2D eigenvalue weighted by molar-refractivity contribution is 5.78. The summed E-state index contributed by atoms with van der Waals surface area (Å²) in [6, 6.07) is 16.6. The number of nitrogens with one attached hydrogen (secondary N) is 2. The van der Waals surface area contributed by atoms with E-state index >= 15 is 0 Å². The lowest BCUT2D eigenvalue weighted by molar-refractivity contribution is -0.138. The van der Waals surface area contributed by atoms with Gasteiger partial charge in [0.2, 0.25) is 5.88 Å². The van der Waals surface area contributed by atoms with E-state index in [1.807, 2.05) is 42.5 Å². The van der Waals surface area contributed by atoms with Crippen molar-refractivity contribution in [3.05, 3.63) is 72.1 Å². The molecule has 0 bridgehead atoms. The van der Waals surface area contributed by atoms with Crippen molar-refractivity contribution >= 4 is 28.9 Å². The van der Waals surface area contributed by atoms with E-state index in [0.29, 0.717) is 43.1 Å². The molecule has 0 fully saturated rings. The summed E-state index contributed by atoms with van der Waals surface area (Å²) in [6.07, 6.45) is 7.19. The number of aliphatic carboxylic acids is 1. The predicted molar refractivity (Wildman–Crippen MR) is 154 cm³/mol. The largest absolute Gasteiger partial charge is 0.480 e. The number of carboxylic acids is 1. The third-order valence-electron chi connectivity index (χ3n) is 7.03. The summed E-state index contributed by atoms with van der Waals surface area (Å²) < 4.78 is 11.5. The highest BCUT2D eigenvalue weighted by atomic mass is 16.5. The lowest BCUT2D eigenvalue weighted by atomic mass is 10.1. The number of pyridine rings is 2. The summed E-state index contributed by atoms with van der Waals surface area (Å²) in [7, 11) is 0. The Morgan fingerprint density at radius 1 is 1.07 bits per heavy atom. The number of benzene rings is 1. The van der Waals surface area contributed by atoms with Gasteiger partial charge in [0.25, 0.3) is 6.01 Å². The van der Waals surface area contributed by atoms with Gasteiger partial charge in [-0.3, -0.25) is 4.90 Å². The molecule has 1 aliphatic rings. The lowest BCUT2D eigenvalue weighted by Gasteiger charge is -2.24. The SMILES string of the molecule is O=C(O)[C@H](CCN(CCCCc1ccc2c(n1)NCCC2)CCOc1ccccn1)Nc1nc2ccccc2o1. The van der Waals surface area contributed by atoms with Crippen molar-refractivity contribution < 1.29 is 19.1 Å². The first kappa shape index (κ1) is 27.4. The van der Waals surface area contributed by atoms with Crippen molar-refractivity contribution in [3.8, 4) is 5.88 Å². The van der Waals surface area contributed by atoms with Crippen molar-refractivity contribution in [2.45, 2.75) is 44.6 Å². The molecule has 4 aromatic rings. The van der Waals surface area contributed by atoms with Crippen LogP contribution in [0.4, 0.5) is 11.8 Å². The fraction of sp³-hybridized carbons (Fsp3) is 0.400. The van der Waals surface area contributed by atoms with Gasteiger partial charge < -0.3 is 24.9 Å². The maximum absolute atomic E-state index is 12.1. The molecule has 4 heterocycles. The zero-order chi connectivity index (χ0) is 27.6. The number of carbonyl (C=O) groups is 1. The highest BCUT2D eigenvalue weighted by Crippen LogP contribution is 2.21. The maximum atomic E-state index is 12.1. The second-order valence-electron chi connectivity index (χ2n) is 9.97. The van der Waals surface area contributed by atoms with Crippen LogP contribution in [0.3, 0.4) is 0 Å². The van der Waals surface area contributed by atoms with Crippen molar-refractivity contribution in [3.63, 3.8) is 0 Å². The van der Waals surface area contributed by atoms with E-state index in [4.69, 9.17) is 14.1 Å². The summed E-state index contributed by atoms with van der Waals surface area (Å²) in [5.41, 5.74) is 3.71. The van der Waals surface area contributed by atoms with Crippen LogP contribution in [0.1, 0.15) is 36.9 Å². The van der Waals surface area contributed by atoms with Crippen LogP contribution in [0.25, 0.3) is 11.1 Å². The fourth-order valence-electron chi connectivity index (χ4n) is 4.85. The molecule has 0 radical (unpaired) electrons. The Hall–Kier alpha value is -4.18. The van der Waals surface area contributed by atoms with Crippen LogP contribution in [0.5, 0.6) is 5.88 Å². The molecule has 210 valence electrons. The number of ether oxygens (including phenoxy) is 1. The molecule has 10 heteroatoms. The number of para-hydroxylation sites is 2. The first-order chi connectivity index (χ1) is 19.6. The van der Waals surface area contributed by atoms with Crippen LogP contribution in [-0.2, 0) is 17.6 Å². The zero-order valence-corrected chi connectivity index (χ0v) is 22.6. The summed E-state index contributed by atoms with van der Waals surface area (Å²) in [5, 5.41) is 16.2. The Morgan fingerprint density at radius 2 is 1.98 bits per heavy atom. The number of anilines is 2. The molecule has 0 aliphatic carbocycles. The summed E-state index contributed by atoms with van der Waals surface area (Å²) in [4.78, 5) is 27.7. The summed E-state index contributed by atoms with van der Waals surface area (Å²) >= 11 is 0. The van der Waals surface area contributed by atoms with E-state index in [-0.39, 0.29) is 6.01 Å². The molecule has 3 aromatic heterocycles. The maximum Gasteiger partial charge on any atom is 0.326 e. The van der Waals surface area contributed by atoms with Gasteiger partial charge in [0.1, 0.15) is 24.0 Å². The molecule has 0 spiro atoms. The number of aryl methyl sites for hydroxylation is 2. The zero-order valence-electron chi connectivity index (χ0n) is 22.6. The number of oxazole rings is 1. The van der Waals surface area contributed by atoms with Gasteiger partial charge in [-0.15, -0.1) is 0 Å². The number of hydrogen-bond donors (Lipinski definition) is 3. The predicted octanol–water partition coefficient (Wildman–Crippen LogP) is 4.64. The van der Waals surface area contributed by atoms with Crippen LogP contribution in [0, 0.1) is 0 Å². The van der Waals surface area contributed by atoms with Crippen LogP contribution < -0.4 is 15.4 Å². The van der Waals surface area contributed by atoms with Crippen LogP contribution in [0.15, 0.2) is 65.2 Å². The topological polar surface area (TPSA) is 126 Å². The summed E-state index contributed by atoms with van der Waals surface area (Å²) in [5.74, 6) is 0.665. The Labute approximate surface area is 233 Å². The average molecular weight is 545 g/mol. The van der Waals surface area contributed by atoms with Gasteiger partial charge in [-0.2, -0.15) is 4.98 Å². The molecular formula is C30H36N6O4. The molecule has 1 atom stereocenters. The first-order valence-electron chi connectivity index (χ1n) is 14.0. The van der Waals surface area contributed by atoms with E-state index in [0.717, 1.165) is 56.7 Å². The molecule has 3 N–H and O–H groups in total. The standard InChI is InChI=1S/C30H36N6O4/c37-29(38)25(35-30-34-24-10-1-2-11-26(24)40-30)15-19-36(20-21-39-27-12-3-5-16-31-27)18-6-4-9-23-14-13-22-8-7-17-32-28(22)33-23/h1-3,5,10-14,16,25H,4,6-9,15,17-21H2,(H,32,33)(H,34,35)(H,37,38)/t25-/m0/s1. The third kappa shape index (κ3) is 7.69. The molecule has 5 rings (SSSR count). The molecule has 0 unspecified atom stereocenters. The Bertz CT molecular complexity index is 1350. The number of aromatic nitrogens is 3. The smallest absolute Gasteiger partial charge is 0.326 e. The molecular weight excluding hydrogens is 508 g/mol. The Kier molecular flexibility index (Phi) is 9.41. The van der Waals surface area contributed by atoms with Gasteiger partial charge >= 0.3 is 5.97 Å². The number of carboxylic acid groups (broad SMARTS) is 1. The van der Waals surface area contributed by atoms with E-state index in [1.54, 1.807) is 6.20 Å². The number of unbranched alkanes of at least 4 members (excludes halogenated alkanes) is 1. The minimum Gasteiger partial charge on any atom is -0.480 e. The second kappa shape index (κ2) is 13.7. The average Bonchev–Trinajstić information content (AvgIpc) is 3.40. The van der Waals surface area contributed by atoms with Gasteiger partial charge in [-0.1, -0.05) is 24.3 Å². The van der Waals surface area contributed by atoms with Crippen molar-refractivity contribution in [2.24, 2.45) is 0 Å². The minimum atomic E-state index is -0.945. The van der Waals surface area contributed by atoms with Crippen molar-refractivity contribution in [2.75, 3.05) is 43.4 Å². The minimum absolute atomic E-state index is 0.214. The first-order valence-corrected chi connectivity index (χ1v) is 14.0. The van der Waals surface area contributed by atoms with Crippen molar-refractivity contribution in [1.82, 2.24) is 19.9 Å². The Balaban J connectivity index is 1.15. The quantitative estimate of drug-likeness (QED) is 0.182. The lowest BCUT2D eigenvalue weighted by Crippen LogP contribution is -2.37. The molecule has 40 heavy (non-hydrogen) atoms. The number of nitrogens with zero attached hydrogens (tertiary/aromatic N) is 4. The van der Waals surface area contributed by atoms with Gasteiger partial charge in [0, 0.05) is 37.6 Å². The summed E-state index contributed by atoms with van der Waals surface area (Å²) in [6.45, 7) is 3.51. The Morgan fingerprint density at radius 3 is 2.83 bits per heavy atom. The molecule has 1 aliphatic heterocycles. The highest BCUT2D eigenvalue weighted by Gasteiger charge is 2.21. The number of hydrogen-bond acceptors (Lipinski definition) is 9. The van der Waals surface area contributed by atoms with Crippen molar-refractivity contribution in [1.29, 1.82) is 0 Å².